The Morgan fingerprint density at radius 1 is 1.14 bits per heavy atom. The van der Waals surface area contributed by atoms with Gasteiger partial charge in [0, 0.05) is 22.0 Å². The van der Waals surface area contributed by atoms with Crippen LogP contribution in [0.4, 0.5) is 10.1 Å². The van der Waals surface area contributed by atoms with Gasteiger partial charge in [0.25, 0.3) is 10.0 Å². The highest BCUT2D eigenvalue weighted by atomic mass is 35.5. The van der Waals surface area contributed by atoms with Crippen LogP contribution in [0.2, 0.25) is 4.34 Å². The summed E-state index contributed by atoms with van der Waals surface area (Å²) in [5.41, 5.74) is 1.41. The summed E-state index contributed by atoms with van der Waals surface area (Å²) >= 11 is 7.40. The molecule has 4 rings (SSSR count). The second-order valence-electron chi connectivity index (χ2n) is 5.93. The van der Waals surface area contributed by atoms with Crippen LogP contribution in [0.1, 0.15) is 5.56 Å². The molecule has 0 saturated carbocycles. The Hall–Kier alpha value is -2.86. The van der Waals surface area contributed by atoms with Crippen molar-refractivity contribution >= 4 is 49.6 Å². The van der Waals surface area contributed by atoms with Gasteiger partial charge in [-0.2, -0.15) is 5.26 Å². The molecule has 0 amide bonds. The van der Waals surface area contributed by atoms with Crippen LogP contribution in [0.3, 0.4) is 0 Å². The number of aromatic nitrogens is 1. The fraction of sp³-hybridized carbons (Fsp3) is 0. The highest BCUT2D eigenvalue weighted by Crippen LogP contribution is 2.34. The van der Waals surface area contributed by atoms with Gasteiger partial charge in [-0.1, -0.05) is 23.7 Å². The van der Waals surface area contributed by atoms with Crippen molar-refractivity contribution in [3.8, 4) is 16.5 Å². The first kappa shape index (κ1) is 18.5. The number of H-pyrrole nitrogens is 1. The molecule has 2 aromatic carbocycles. The summed E-state index contributed by atoms with van der Waals surface area (Å²) in [6.07, 6.45) is 1.36. The number of halogens is 2. The van der Waals surface area contributed by atoms with Gasteiger partial charge < -0.3 is 4.98 Å². The van der Waals surface area contributed by atoms with E-state index in [9.17, 15) is 12.8 Å². The first-order chi connectivity index (χ1) is 13.4. The number of sulfonamides is 1. The van der Waals surface area contributed by atoms with Gasteiger partial charge in [0.05, 0.1) is 21.7 Å². The van der Waals surface area contributed by atoms with Crippen LogP contribution in [0.15, 0.2) is 59.6 Å². The van der Waals surface area contributed by atoms with E-state index in [1.54, 1.807) is 24.3 Å². The number of rotatable bonds is 4. The molecule has 0 atom stereocenters. The summed E-state index contributed by atoms with van der Waals surface area (Å²) in [4.78, 5) is 3.91. The number of hydrogen-bond acceptors (Lipinski definition) is 4. The maximum absolute atomic E-state index is 14.1. The third-order valence-electron chi connectivity index (χ3n) is 4.13. The molecule has 28 heavy (non-hydrogen) atoms. The summed E-state index contributed by atoms with van der Waals surface area (Å²) in [5, 5.41) is 9.27. The molecule has 2 N–H and O–H groups in total. The van der Waals surface area contributed by atoms with Crippen molar-refractivity contribution in [2.24, 2.45) is 0 Å². The van der Waals surface area contributed by atoms with Gasteiger partial charge in [-0.05, 0) is 42.0 Å². The van der Waals surface area contributed by atoms with Gasteiger partial charge in [-0.25, -0.2) is 12.8 Å². The molecule has 0 fully saturated rings. The molecule has 2 heterocycles. The van der Waals surface area contributed by atoms with E-state index in [-0.39, 0.29) is 16.1 Å². The topological polar surface area (TPSA) is 85.8 Å². The van der Waals surface area contributed by atoms with E-state index in [0.717, 1.165) is 16.5 Å². The minimum atomic E-state index is -4.03. The van der Waals surface area contributed by atoms with Crippen molar-refractivity contribution in [3.63, 3.8) is 0 Å². The van der Waals surface area contributed by atoms with Crippen LogP contribution < -0.4 is 4.72 Å². The molecule has 2 aromatic heterocycles. The quantitative estimate of drug-likeness (QED) is 0.456. The van der Waals surface area contributed by atoms with Crippen molar-refractivity contribution in [1.29, 1.82) is 5.26 Å². The standard InChI is InChI=1S/C19H11ClFN3O2S2/c20-19-6-5-17(27-19)12-2-3-13-16(8-12)23-10-18(13)28(25,26)24-15-4-1-11(9-22)7-14(15)21/h1-8,10,23-24H. The van der Waals surface area contributed by atoms with Crippen LogP contribution >= 0.6 is 22.9 Å². The van der Waals surface area contributed by atoms with Gasteiger partial charge in [-0.15, -0.1) is 11.3 Å². The molecule has 0 spiro atoms. The van der Waals surface area contributed by atoms with Gasteiger partial charge in [0.15, 0.2) is 0 Å². The molecule has 140 valence electrons. The molecule has 5 nitrogen and oxygen atoms in total. The van der Waals surface area contributed by atoms with Gasteiger partial charge in [0.1, 0.15) is 10.7 Å². The van der Waals surface area contributed by atoms with E-state index >= 15 is 0 Å². The lowest BCUT2D eigenvalue weighted by Crippen LogP contribution is -2.13. The Labute approximate surface area is 169 Å². The molecule has 0 aliphatic rings. The lowest BCUT2D eigenvalue weighted by atomic mass is 10.1. The largest absolute Gasteiger partial charge is 0.360 e. The molecule has 0 aliphatic carbocycles. The minimum Gasteiger partial charge on any atom is -0.360 e. The maximum Gasteiger partial charge on any atom is 0.264 e. The van der Waals surface area contributed by atoms with Crippen LogP contribution in [0.5, 0.6) is 0 Å². The average molecular weight is 432 g/mol. The summed E-state index contributed by atoms with van der Waals surface area (Å²) in [6, 6.07) is 14.4. The number of anilines is 1. The van der Waals surface area contributed by atoms with E-state index in [2.05, 4.69) is 9.71 Å². The number of benzene rings is 2. The summed E-state index contributed by atoms with van der Waals surface area (Å²) in [7, 11) is -4.03. The third-order valence-corrected chi connectivity index (χ3v) is 6.82. The van der Waals surface area contributed by atoms with E-state index in [1.165, 1.54) is 29.7 Å². The highest BCUT2D eigenvalue weighted by Gasteiger charge is 2.21. The van der Waals surface area contributed by atoms with Crippen molar-refractivity contribution in [2.75, 3.05) is 4.72 Å². The summed E-state index contributed by atoms with van der Waals surface area (Å²) in [6.45, 7) is 0. The van der Waals surface area contributed by atoms with Crippen LogP contribution in [-0.2, 0) is 10.0 Å². The first-order valence-electron chi connectivity index (χ1n) is 7.97. The third kappa shape index (κ3) is 3.36. The average Bonchev–Trinajstić information content (AvgIpc) is 3.29. The Morgan fingerprint density at radius 3 is 2.64 bits per heavy atom. The van der Waals surface area contributed by atoms with Crippen LogP contribution in [-0.4, -0.2) is 13.4 Å². The number of nitriles is 1. The fourth-order valence-electron chi connectivity index (χ4n) is 2.81. The summed E-state index contributed by atoms with van der Waals surface area (Å²) in [5.74, 6) is -0.820. The van der Waals surface area contributed by atoms with Gasteiger partial charge in [0.2, 0.25) is 0 Å². The van der Waals surface area contributed by atoms with Crippen LogP contribution in [0.25, 0.3) is 21.3 Å². The molecule has 0 bridgehead atoms. The molecule has 0 radical (unpaired) electrons. The Bertz CT molecular complexity index is 1350. The second-order valence-corrected chi connectivity index (χ2v) is 9.29. The zero-order chi connectivity index (χ0) is 19.9. The molecule has 0 saturated heterocycles. The second kappa shape index (κ2) is 6.95. The first-order valence-corrected chi connectivity index (χ1v) is 10.6. The molecule has 4 aromatic rings. The molecular formula is C19H11ClFN3O2S2. The minimum absolute atomic E-state index is 0.00187. The number of thiophene rings is 1. The fourth-order valence-corrected chi connectivity index (χ4v) is 5.10. The van der Waals surface area contributed by atoms with Crippen molar-refractivity contribution in [2.45, 2.75) is 4.90 Å². The summed E-state index contributed by atoms with van der Waals surface area (Å²) < 4.78 is 42.5. The number of nitrogens with zero attached hydrogens (tertiary/aromatic N) is 1. The monoisotopic (exact) mass is 431 g/mol. The van der Waals surface area contributed by atoms with Crippen molar-refractivity contribution in [3.05, 3.63) is 70.4 Å². The Balaban J connectivity index is 1.71. The Kier molecular flexibility index (Phi) is 4.59. The van der Waals surface area contributed by atoms with E-state index in [4.69, 9.17) is 16.9 Å². The van der Waals surface area contributed by atoms with E-state index < -0.39 is 15.8 Å². The molecule has 0 aliphatic heterocycles. The van der Waals surface area contributed by atoms with E-state index in [1.807, 2.05) is 12.1 Å². The zero-order valence-corrected chi connectivity index (χ0v) is 16.4. The molecule has 9 heteroatoms. The number of fused-ring (bicyclic) bond motifs is 1. The number of hydrogen-bond donors (Lipinski definition) is 2. The predicted molar refractivity (Wildman–Crippen MR) is 109 cm³/mol. The lowest BCUT2D eigenvalue weighted by molar-refractivity contribution is 0.599. The van der Waals surface area contributed by atoms with Crippen molar-refractivity contribution < 1.29 is 12.8 Å². The van der Waals surface area contributed by atoms with Crippen LogP contribution in [0, 0.1) is 17.1 Å². The maximum atomic E-state index is 14.1. The lowest BCUT2D eigenvalue weighted by Gasteiger charge is -2.08. The van der Waals surface area contributed by atoms with E-state index in [0.29, 0.717) is 15.2 Å². The Morgan fingerprint density at radius 2 is 1.96 bits per heavy atom. The number of nitrogens with one attached hydrogen (secondary N) is 2. The van der Waals surface area contributed by atoms with Gasteiger partial charge >= 0.3 is 0 Å². The normalized spacial score (nSPS) is 11.5. The smallest absolute Gasteiger partial charge is 0.264 e. The van der Waals surface area contributed by atoms with Crippen molar-refractivity contribution in [1.82, 2.24) is 4.98 Å². The van der Waals surface area contributed by atoms with Gasteiger partial charge in [-0.3, -0.25) is 4.72 Å². The zero-order valence-electron chi connectivity index (χ0n) is 14.0. The molecule has 0 unspecified atom stereocenters. The number of aromatic amines is 1. The SMILES string of the molecule is N#Cc1ccc(NS(=O)(=O)c2c[nH]c3cc(-c4ccc(Cl)s4)ccc23)c(F)c1. The highest BCUT2D eigenvalue weighted by molar-refractivity contribution is 7.93. The predicted octanol–water partition coefficient (Wildman–Crippen LogP) is 5.36. The molecular weight excluding hydrogens is 421 g/mol.